The molecule has 0 saturated carbocycles. The van der Waals surface area contributed by atoms with E-state index < -0.39 is 11.7 Å². The van der Waals surface area contributed by atoms with Crippen molar-refractivity contribution in [1.29, 1.82) is 0 Å². The Morgan fingerprint density at radius 3 is 2.20 bits per heavy atom. The van der Waals surface area contributed by atoms with E-state index in [1.807, 2.05) is 0 Å². The van der Waals surface area contributed by atoms with Crippen LogP contribution in [0.2, 0.25) is 0 Å². The topological polar surface area (TPSA) is 29.3 Å². The van der Waals surface area contributed by atoms with Crippen LogP contribution < -0.4 is 5.73 Å². The van der Waals surface area contributed by atoms with Gasteiger partial charge in [0.2, 0.25) is 0 Å². The number of piperidine rings is 1. The summed E-state index contributed by atoms with van der Waals surface area (Å²) < 4.78 is 37.7. The Bertz CT molecular complexity index is 420. The van der Waals surface area contributed by atoms with Gasteiger partial charge in [-0.3, -0.25) is 4.90 Å². The predicted molar refractivity (Wildman–Crippen MR) is 73.2 cm³/mol. The number of likely N-dealkylation sites (tertiary alicyclic amines) is 1. The van der Waals surface area contributed by atoms with E-state index in [0.717, 1.165) is 49.5 Å². The first-order valence-electron chi connectivity index (χ1n) is 7.03. The second-order valence-corrected chi connectivity index (χ2v) is 5.59. The van der Waals surface area contributed by atoms with E-state index in [-0.39, 0.29) is 6.04 Å². The van der Waals surface area contributed by atoms with E-state index in [2.05, 4.69) is 11.8 Å². The zero-order chi connectivity index (χ0) is 14.8. The Labute approximate surface area is 117 Å². The fourth-order valence-corrected chi connectivity index (χ4v) is 2.73. The molecule has 0 spiro atoms. The van der Waals surface area contributed by atoms with Crippen LogP contribution >= 0.6 is 0 Å². The van der Waals surface area contributed by atoms with Crippen LogP contribution in [0.15, 0.2) is 24.3 Å². The lowest BCUT2D eigenvalue weighted by Gasteiger charge is -2.36. The summed E-state index contributed by atoms with van der Waals surface area (Å²) in [6.45, 7) is 4.58. The lowest BCUT2D eigenvalue weighted by atomic mass is 9.95. The molecule has 1 atom stereocenters. The number of halogens is 3. The summed E-state index contributed by atoms with van der Waals surface area (Å²) in [4.78, 5) is 2.28. The third kappa shape index (κ3) is 3.52. The van der Waals surface area contributed by atoms with Gasteiger partial charge in [-0.05, 0) is 49.5 Å². The van der Waals surface area contributed by atoms with Gasteiger partial charge in [0, 0.05) is 12.6 Å². The number of hydrogen-bond acceptors (Lipinski definition) is 2. The van der Waals surface area contributed by atoms with Crippen LogP contribution in [-0.4, -0.2) is 24.5 Å². The van der Waals surface area contributed by atoms with Crippen molar-refractivity contribution < 1.29 is 13.2 Å². The molecule has 1 aliphatic rings. The zero-order valence-electron chi connectivity index (χ0n) is 11.7. The maximum absolute atomic E-state index is 12.6. The summed E-state index contributed by atoms with van der Waals surface area (Å²) >= 11 is 0. The Morgan fingerprint density at radius 2 is 1.75 bits per heavy atom. The van der Waals surface area contributed by atoms with Gasteiger partial charge in [-0.15, -0.1) is 0 Å². The lowest BCUT2D eigenvalue weighted by molar-refractivity contribution is -0.137. The van der Waals surface area contributed by atoms with Crippen LogP contribution in [0.3, 0.4) is 0 Å². The van der Waals surface area contributed by atoms with Gasteiger partial charge >= 0.3 is 6.18 Å². The maximum Gasteiger partial charge on any atom is 0.416 e. The fraction of sp³-hybridized carbons (Fsp3) is 0.600. The Balaban J connectivity index is 2.11. The molecule has 5 heteroatoms. The van der Waals surface area contributed by atoms with Gasteiger partial charge in [-0.2, -0.15) is 13.2 Å². The van der Waals surface area contributed by atoms with Crippen molar-refractivity contribution in [3.8, 4) is 0 Å². The Morgan fingerprint density at radius 1 is 1.20 bits per heavy atom. The smallest absolute Gasteiger partial charge is 0.329 e. The quantitative estimate of drug-likeness (QED) is 0.922. The van der Waals surface area contributed by atoms with Crippen molar-refractivity contribution in [3.05, 3.63) is 35.4 Å². The van der Waals surface area contributed by atoms with Gasteiger partial charge in [-0.25, -0.2) is 0 Å². The molecule has 0 aromatic heterocycles. The summed E-state index contributed by atoms with van der Waals surface area (Å²) in [6.07, 6.45) is -2.04. The number of nitrogens with two attached hydrogens (primary N) is 1. The highest BCUT2D eigenvalue weighted by molar-refractivity contribution is 5.27. The summed E-state index contributed by atoms with van der Waals surface area (Å²) in [5.74, 6) is 0.720. The highest BCUT2D eigenvalue weighted by Crippen LogP contribution is 2.31. The van der Waals surface area contributed by atoms with Crippen LogP contribution in [0.1, 0.15) is 36.9 Å². The Hall–Kier alpha value is -1.07. The van der Waals surface area contributed by atoms with Crippen molar-refractivity contribution >= 4 is 0 Å². The van der Waals surface area contributed by atoms with Crippen LogP contribution in [0.25, 0.3) is 0 Å². The van der Waals surface area contributed by atoms with E-state index >= 15 is 0 Å². The first-order chi connectivity index (χ1) is 9.41. The van der Waals surface area contributed by atoms with Crippen LogP contribution in [0.5, 0.6) is 0 Å². The molecule has 1 fully saturated rings. The molecule has 2 N–H and O–H groups in total. The third-order valence-electron chi connectivity index (χ3n) is 4.11. The average molecular weight is 286 g/mol. The molecule has 1 heterocycles. The molecule has 2 nitrogen and oxygen atoms in total. The molecule has 0 aliphatic carbocycles. The molecule has 2 rings (SSSR count). The first-order valence-corrected chi connectivity index (χ1v) is 7.03. The summed E-state index contributed by atoms with van der Waals surface area (Å²) in [5.41, 5.74) is 6.09. The molecule has 1 saturated heterocycles. The molecular weight excluding hydrogens is 265 g/mol. The van der Waals surface area contributed by atoms with E-state index in [4.69, 9.17) is 5.73 Å². The monoisotopic (exact) mass is 286 g/mol. The van der Waals surface area contributed by atoms with Crippen LogP contribution in [-0.2, 0) is 6.18 Å². The van der Waals surface area contributed by atoms with E-state index in [1.165, 1.54) is 0 Å². The third-order valence-corrected chi connectivity index (χ3v) is 4.11. The van der Waals surface area contributed by atoms with E-state index in [1.54, 1.807) is 12.1 Å². The molecule has 20 heavy (non-hydrogen) atoms. The first kappa shape index (κ1) is 15.3. The van der Waals surface area contributed by atoms with Crippen molar-refractivity contribution in [2.45, 2.75) is 32.0 Å². The second-order valence-electron chi connectivity index (χ2n) is 5.59. The highest BCUT2D eigenvalue weighted by atomic mass is 19.4. The number of alkyl halides is 3. The van der Waals surface area contributed by atoms with Crippen LogP contribution in [0.4, 0.5) is 13.2 Å². The lowest BCUT2D eigenvalue weighted by Crippen LogP contribution is -2.39. The normalized spacial score (nSPS) is 20.1. The Kier molecular flexibility index (Phi) is 4.70. The minimum Gasteiger partial charge on any atom is -0.329 e. The van der Waals surface area contributed by atoms with E-state index in [0.29, 0.717) is 6.54 Å². The van der Waals surface area contributed by atoms with Gasteiger partial charge in [0.1, 0.15) is 0 Å². The molecular formula is C15H21F3N2. The zero-order valence-corrected chi connectivity index (χ0v) is 11.7. The fourth-order valence-electron chi connectivity index (χ4n) is 2.73. The maximum atomic E-state index is 12.6. The predicted octanol–water partition coefficient (Wildman–Crippen LogP) is 3.44. The molecule has 0 unspecified atom stereocenters. The van der Waals surface area contributed by atoms with Crippen LogP contribution in [0, 0.1) is 5.92 Å². The molecule has 0 bridgehead atoms. The molecule has 1 aromatic rings. The number of rotatable bonds is 3. The van der Waals surface area contributed by atoms with E-state index in [9.17, 15) is 13.2 Å². The summed E-state index contributed by atoms with van der Waals surface area (Å²) in [5, 5.41) is 0. The molecule has 1 aromatic carbocycles. The largest absolute Gasteiger partial charge is 0.416 e. The standard InChI is InChI=1S/C15H21F3N2/c1-11-6-8-20(9-7-11)14(10-19)12-2-4-13(5-3-12)15(16,17)18/h2-5,11,14H,6-10,19H2,1H3/t14-/m1/s1. The summed E-state index contributed by atoms with van der Waals surface area (Å²) in [6, 6.07) is 5.41. The molecule has 112 valence electrons. The average Bonchev–Trinajstić information content (AvgIpc) is 2.41. The van der Waals surface area contributed by atoms with Crippen molar-refractivity contribution in [2.75, 3.05) is 19.6 Å². The highest BCUT2D eigenvalue weighted by Gasteiger charge is 2.31. The molecule has 1 aliphatic heterocycles. The number of nitrogens with zero attached hydrogens (tertiary/aromatic N) is 1. The van der Waals surface area contributed by atoms with Crippen molar-refractivity contribution in [3.63, 3.8) is 0 Å². The van der Waals surface area contributed by atoms with Gasteiger partial charge in [0.05, 0.1) is 5.56 Å². The minimum absolute atomic E-state index is 0.0183. The summed E-state index contributed by atoms with van der Waals surface area (Å²) in [7, 11) is 0. The molecule has 0 amide bonds. The van der Waals surface area contributed by atoms with Crippen molar-refractivity contribution in [2.24, 2.45) is 11.7 Å². The second kappa shape index (κ2) is 6.14. The molecule has 0 radical (unpaired) electrons. The van der Waals surface area contributed by atoms with Crippen molar-refractivity contribution in [1.82, 2.24) is 4.90 Å². The minimum atomic E-state index is -4.28. The van der Waals surface area contributed by atoms with Gasteiger partial charge in [0.15, 0.2) is 0 Å². The van der Waals surface area contributed by atoms with Gasteiger partial charge in [0.25, 0.3) is 0 Å². The van der Waals surface area contributed by atoms with Gasteiger partial charge in [-0.1, -0.05) is 19.1 Å². The SMILES string of the molecule is CC1CCN([C@H](CN)c2ccc(C(F)(F)F)cc2)CC1. The number of benzene rings is 1. The van der Waals surface area contributed by atoms with Gasteiger partial charge < -0.3 is 5.73 Å². The number of hydrogen-bond donors (Lipinski definition) is 1.